The number of hydrogen-bond donors (Lipinski definition) is 1. The van der Waals surface area contributed by atoms with Crippen LogP contribution in [-0.4, -0.2) is 28.4 Å². The van der Waals surface area contributed by atoms with Crippen LogP contribution in [0.4, 0.5) is 0 Å². The van der Waals surface area contributed by atoms with Gasteiger partial charge in [0.25, 0.3) is 5.91 Å². The minimum Gasteiger partial charge on any atom is -0.484 e. The third kappa shape index (κ3) is 2.79. The van der Waals surface area contributed by atoms with E-state index in [1.807, 2.05) is 11.0 Å². The number of aromatic nitrogens is 1. The number of carbonyl (C=O) groups is 1. The second kappa shape index (κ2) is 6.47. The van der Waals surface area contributed by atoms with E-state index in [1.165, 1.54) is 16.6 Å². The zero-order chi connectivity index (χ0) is 18.5. The van der Waals surface area contributed by atoms with Crippen LogP contribution in [-0.2, 0) is 11.2 Å². The Morgan fingerprint density at radius 3 is 2.85 bits per heavy atom. The number of fused-ring (bicyclic) bond motifs is 6. The van der Waals surface area contributed by atoms with Crippen LogP contribution in [0.15, 0.2) is 42.5 Å². The lowest BCUT2D eigenvalue weighted by Gasteiger charge is -2.35. The Bertz CT molecular complexity index is 1050. The number of H-pyrrole nitrogens is 1. The maximum absolute atomic E-state index is 13.0. The van der Waals surface area contributed by atoms with Crippen LogP contribution in [0.5, 0.6) is 5.75 Å². The van der Waals surface area contributed by atoms with Crippen LogP contribution >= 0.6 is 23.2 Å². The Kier molecular flexibility index (Phi) is 4.06. The molecule has 27 heavy (non-hydrogen) atoms. The zero-order valence-corrected chi connectivity index (χ0v) is 16.1. The number of nitrogens with one attached hydrogen (secondary N) is 1. The molecule has 4 nitrogen and oxygen atoms in total. The smallest absolute Gasteiger partial charge is 0.261 e. The second-order valence-electron chi connectivity index (χ2n) is 7.18. The average Bonchev–Trinajstić information content (AvgIpc) is 3.19. The first kappa shape index (κ1) is 17.0. The molecule has 2 atom stereocenters. The molecule has 2 aliphatic rings. The molecule has 0 aliphatic carbocycles. The van der Waals surface area contributed by atoms with E-state index in [4.69, 9.17) is 27.9 Å². The number of benzene rings is 2. The van der Waals surface area contributed by atoms with Crippen molar-refractivity contribution in [1.82, 2.24) is 9.88 Å². The van der Waals surface area contributed by atoms with Gasteiger partial charge in [0.2, 0.25) is 0 Å². The third-order valence-electron chi connectivity index (χ3n) is 5.64. The summed E-state index contributed by atoms with van der Waals surface area (Å²) in [7, 11) is 0. The van der Waals surface area contributed by atoms with E-state index in [9.17, 15) is 4.79 Å². The molecule has 2 aromatic carbocycles. The normalized spacial score (nSPS) is 20.7. The van der Waals surface area contributed by atoms with Crippen LogP contribution in [0.1, 0.15) is 30.1 Å². The Morgan fingerprint density at radius 2 is 2.00 bits per heavy atom. The Labute approximate surface area is 167 Å². The molecular formula is C21H18Cl2N2O2. The first-order valence-corrected chi connectivity index (χ1v) is 9.86. The standard InChI is InChI=1S/C21H18Cl2N2O2/c22-15-7-6-13(10-16(15)23)27-11-20(26)25-12-5-8-19(25)21-14-3-1-2-4-17(14)24-18(21)9-12/h1-4,6-7,10,12,19,24H,5,8-9,11H2. The van der Waals surface area contributed by atoms with Crippen molar-refractivity contribution >= 4 is 40.0 Å². The molecule has 138 valence electrons. The van der Waals surface area contributed by atoms with Gasteiger partial charge < -0.3 is 14.6 Å². The molecule has 1 fully saturated rings. The molecule has 2 aliphatic heterocycles. The summed E-state index contributed by atoms with van der Waals surface area (Å²) in [6.07, 6.45) is 2.90. The summed E-state index contributed by atoms with van der Waals surface area (Å²) in [4.78, 5) is 18.6. The minimum atomic E-state index is 0.00263. The number of carbonyl (C=O) groups excluding carboxylic acids is 1. The van der Waals surface area contributed by atoms with Gasteiger partial charge in [0.15, 0.2) is 6.61 Å². The van der Waals surface area contributed by atoms with Gasteiger partial charge in [-0.1, -0.05) is 41.4 Å². The van der Waals surface area contributed by atoms with Crippen LogP contribution < -0.4 is 4.74 Å². The van der Waals surface area contributed by atoms with Crippen molar-refractivity contribution in [3.8, 4) is 5.75 Å². The topological polar surface area (TPSA) is 45.3 Å². The number of nitrogens with zero attached hydrogens (tertiary/aromatic N) is 1. The van der Waals surface area contributed by atoms with Gasteiger partial charge in [0.1, 0.15) is 5.75 Å². The number of halogens is 2. The average molecular weight is 401 g/mol. The molecular weight excluding hydrogens is 383 g/mol. The molecule has 1 saturated heterocycles. The molecule has 1 N–H and O–H groups in total. The van der Waals surface area contributed by atoms with Crippen LogP contribution in [0.2, 0.25) is 10.0 Å². The number of ether oxygens (including phenoxy) is 1. The highest BCUT2D eigenvalue weighted by Gasteiger charge is 2.44. The van der Waals surface area contributed by atoms with Gasteiger partial charge in [-0.2, -0.15) is 0 Å². The second-order valence-corrected chi connectivity index (χ2v) is 7.99. The van der Waals surface area contributed by atoms with Gasteiger partial charge >= 0.3 is 0 Å². The summed E-state index contributed by atoms with van der Waals surface area (Å²) in [6.45, 7) is 0.00263. The molecule has 2 unspecified atom stereocenters. The maximum Gasteiger partial charge on any atom is 0.261 e. The summed E-state index contributed by atoms with van der Waals surface area (Å²) in [5, 5.41) is 2.11. The molecule has 0 spiro atoms. The lowest BCUT2D eigenvalue weighted by molar-refractivity contribution is -0.136. The van der Waals surface area contributed by atoms with E-state index in [2.05, 4.69) is 23.2 Å². The van der Waals surface area contributed by atoms with Gasteiger partial charge in [0.05, 0.1) is 16.1 Å². The maximum atomic E-state index is 13.0. The van der Waals surface area contributed by atoms with E-state index >= 15 is 0 Å². The molecule has 6 heteroatoms. The Hall–Kier alpha value is -2.17. The van der Waals surface area contributed by atoms with Gasteiger partial charge in [-0.25, -0.2) is 0 Å². The predicted octanol–water partition coefficient (Wildman–Crippen LogP) is 5.14. The summed E-state index contributed by atoms with van der Waals surface area (Å²) in [5.74, 6) is 0.569. The SMILES string of the molecule is O=C(COc1ccc(Cl)c(Cl)c1)N1C2CCC1c1c([nH]c3ccccc13)C2. The van der Waals surface area contributed by atoms with Gasteiger partial charge in [-0.3, -0.25) is 4.79 Å². The molecule has 5 rings (SSSR count). The van der Waals surface area contributed by atoms with Crippen molar-refractivity contribution in [3.63, 3.8) is 0 Å². The monoisotopic (exact) mass is 400 g/mol. The summed E-state index contributed by atoms with van der Waals surface area (Å²) in [6, 6.07) is 13.7. The molecule has 1 amide bonds. The van der Waals surface area contributed by atoms with E-state index in [0.29, 0.717) is 15.8 Å². The highest BCUT2D eigenvalue weighted by atomic mass is 35.5. The Balaban J connectivity index is 1.39. The fourth-order valence-corrected chi connectivity index (χ4v) is 4.82. The van der Waals surface area contributed by atoms with Gasteiger partial charge in [-0.05, 0) is 31.0 Å². The first-order chi connectivity index (χ1) is 13.1. The van der Waals surface area contributed by atoms with Crippen molar-refractivity contribution in [1.29, 1.82) is 0 Å². The summed E-state index contributed by atoms with van der Waals surface area (Å²) >= 11 is 12.0. The largest absolute Gasteiger partial charge is 0.484 e. The molecule has 1 aromatic heterocycles. The number of hydrogen-bond acceptors (Lipinski definition) is 2. The van der Waals surface area contributed by atoms with Crippen molar-refractivity contribution in [3.05, 3.63) is 63.8 Å². The van der Waals surface area contributed by atoms with Crippen LogP contribution in [0.25, 0.3) is 10.9 Å². The van der Waals surface area contributed by atoms with Gasteiger partial charge in [-0.15, -0.1) is 0 Å². The minimum absolute atomic E-state index is 0.00263. The zero-order valence-electron chi connectivity index (χ0n) is 14.5. The first-order valence-electron chi connectivity index (χ1n) is 9.10. The van der Waals surface area contributed by atoms with E-state index < -0.39 is 0 Å². The predicted molar refractivity (Wildman–Crippen MR) is 107 cm³/mol. The number of amides is 1. The third-order valence-corrected chi connectivity index (χ3v) is 6.38. The highest BCUT2D eigenvalue weighted by molar-refractivity contribution is 6.42. The number of para-hydroxylation sites is 1. The molecule has 3 aromatic rings. The van der Waals surface area contributed by atoms with Crippen LogP contribution in [0.3, 0.4) is 0 Å². The molecule has 0 radical (unpaired) electrons. The van der Waals surface area contributed by atoms with Crippen molar-refractivity contribution in [2.45, 2.75) is 31.3 Å². The van der Waals surface area contributed by atoms with E-state index in [-0.39, 0.29) is 24.6 Å². The van der Waals surface area contributed by atoms with Crippen molar-refractivity contribution < 1.29 is 9.53 Å². The fraction of sp³-hybridized carbons (Fsp3) is 0.286. The van der Waals surface area contributed by atoms with Crippen LogP contribution in [0, 0.1) is 0 Å². The van der Waals surface area contributed by atoms with Crippen molar-refractivity contribution in [2.24, 2.45) is 0 Å². The molecule has 0 saturated carbocycles. The van der Waals surface area contributed by atoms with E-state index in [1.54, 1.807) is 18.2 Å². The molecule has 3 heterocycles. The number of rotatable bonds is 3. The van der Waals surface area contributed by atoms with Gasteiger partial charge in [0, 0.05) is 40.7 Å². The molecule has 2 bridgehead atoms. The van der Waals surface area contributed by atoms with Crippen molar-refractivity contribution in [2.75, 3.05) is 6.61 Å². The summed E-state index contributed by atoms with van der Waals surface area (Å²) in [5.41, 5.74) is 3.70. The lowest BCUT2D eigenvalue weighted by atomic mass is 9.97. The number of aromatic amines is 1. The summed E-state index contributed by atoms with van der Waals surface area (Å²) < 4.78 is 5.70. The Morgan fingerprint density at radius 1 is 1.15 bits per heavy atom. The highest BCUT2D eigenvalue weighted by Crippen LogP contribution is 2.46. The van der Waals surface area contributed by atoms with E-state index in [0.717, 1.165) is 24.8 Å². The fourth-order valence-electron chi connectivity index (χ4n) is 4.53. The quantitative estimate of drug-likeness (QED) is 0.661. The lowest BCUT2D eigenvalue weighted by Crippen LogP contribution is -2.44.